The smallest absolute Gasteiger partial charge is 0.00992 e. The van der Waals surface area contributed by atoms with E-state index in [-0.39, 0.29) is 4.70 Å². The maximum absolute atomic E-state index is 2.21. The molecule has 0 saturated heterocycles. The Hall–Kier alpha value is -2.67. The van der Waals surface area contributed by atoms with Crippen molar-refractivity contribution in [1.82, 2.24) is 0 Å². The SMILES string of the molecule is F.c1ccc2c(-c3cccc4ccccc34)cccc2c1. The molecular weight excluding hydrogens is 259 g/mol. The second-order valence-electron chi connectivity index (χ2n) is 5.05. The summed E-state index contributed by atoms with van der Waals surface area (Å²) in [6.07, 6.45) is 0. The minimum Gasteiger partial charge on any atom is -0.269 e. The molecule has 0 unspecified atom stereocenters. The van der Waals surface area contributed by atoms with Crippen LogP contribution in [-0.2, 0) is 0 Å². The quantitative estimate of drug-likeness (QED) is 0.410. The molecule has 4 aromatic rings. The average molecular weight is 274 g/mol. The summed E-state index contributed by atoms with van der Waals surface area (Å²) in [5, 5.41) is 5.20. The fraction of sp³-hybridized carbons (Fsp3) is 0. The highest BCUT2D eigenvalue weighted by atomic mass is 19.0. The molecule has 0 aliphatic rings. The molecule has 0 radical (unpaired) electrons. The summed E-state index contributed by atoms with van der Waals surface area (Å²) < 4.78 is 0. The standard InChI is InChI=1S/C20H14.FH/c1-3-11-17-15(7-1)9-5-13-19(17)20-14-6-10-16-8-2-4-12-18(16)20;/h1-14H;1H. The van der Waals surface area contributed by atoms with Crippen LogP contribution in [0.3, 0.4) is 0 Å². The Kier molecular flexibility index (Phi) is 3.41. The largest absolute Gasteiger partial charge is 0.269 e. The summed E-state index contributed by atoms with van der Waals surface area (Å²) in [4.78, 5) is 0. The molecule has 4 aromatic carbocycles. The first kappa shape index (κ1) is 13.3. The van der Waals surface area contributed by atoms with Crippen LogP contribution in [0.5, 0.6) is 0 Å². The van der Waals surface area contributed by atoms with Crippen LogP contribution in [0.25, 0.3) is 32.7 Å². The van der Waals surface area contributed by atoms with Gasteiger partial charge in [-0.2, -0.15) is 0 Å². The van der Waals surface area contributed by atoms with Crippen molar-refractivity contribution in [3.63, 3.8) is 0 Å². The normalized spacial score (nSPS) is 10.5. The van der Waals surface area contributed by atoms with E-state index in [4.69, 9.17) is 0 Å². The van der Waals surface area contributed by atoms with Gasteiger partial charge in [0.15, 0.2) is 0 Å². The van der Waals surface area contributed by atoms with E-state index in [2.05, 4.69) is 84.9 Å². The van der Waals surface area contributed by atoms with Crippen LogP contribution in [0.2, 0.25) is 0 Å². The van der Waals surface area contributed by atoms with E-state index < -0.39 is 0 Å². The van der Waals surface area contributed by atoms with Crippen LogP contribution in [-0.4, -0.2) is 0 Å². The Bertz CT molecular complexity index is 821. The lowest BCUT2D eigenvalue weighted by Gasteiger charge is -2.10. The number of halogens is 1. The van der Waals surface area contributed by atoms with Gasteiger partial charge in [-0.25, -0.2) is 0 Å². The van der Waals surface area contributed by atoms with Crippen molar-refractivity contribution in [1.29, 1.82) is 0 Å². The highest BCUT2D eigenvalue weighted by Crippen LogP contribution is 2.33. The molecule has 21 heavy (non-hydrogen) atoms. The minimum absolute atomic E-state index is 0. The lowest BCUT2D eigenvalue weighted by atomic mass is 9.94. The van der Waals surface area contributed by atoms with E-state index in [1.54, 1.807) is 0 Å². The molecule has 0 aliphatic heterocycles. The molecule has 0 N–H and O–H groups in total. The molecule has 0 heterocycles. The highest BCUT2D eigenvalue weighted by Gasteiger charge is 2.06. The molecule has 0 amide bonds. The molecule has 102 valence electrons. The molecule has 0 saturated carbocycles. The van der Waals surface area contributed by atoms with Gasteiger partial charge in [-0.3, -0.25) is 4.70 Å². The molecule has 0 aromatic heterocycles. The molecule has 0 nitrogen and oxygen atoms in total. The van der Waals surface area contributed by atoms with Crippen LogP contribution in [0, 0.1) is 0 Å². The van der Waals surface area contributed by atoms with Crippen LogP contribution in [0.15, 0.2) is 84.9 Å². The van der Waals surface area contributed by atoms with Crippen molar-refractivity contribution in [2.24, 2.45) is 0 Å². The Balaban J connectivity index is 0.00000132. The Morgan fingerprint density at radius 3 is 1.24 bits per heavy atom. The van der Waals surface area contributed by atoms with Crippen molar-refractivity contribution in [3.05, 3.63) is 84.9 Å². The molecular formula is C20H15F. The summed E-state index contributed by atoms with van der Waals surface area (Å²) >= 11 is 0. The van der Waals surface area contributed by atoms with Crippen LogP contribution >= 0.6 is 0 Å². The first-order valence-corrected chi connectivity index (χ1v) is 6.89. The molecule has 4 rings (SSSR count). The van der Waals surface area contributed by atoms with Gasteiger partial charge >= 0.3 is 0 Å². The van der Waals surface area contributed by atoms with Gasteiger partial charge in [-0.1, -0.05) is 84.9 Å². The van der Waals surface area contributed by atoms with Gasteiger partial charge in [0.1, 0.15) is 0 Å². The zero-order chi connectivity index (χ0) is 13.4. The number of rotatable bonds is 1. The van der Waals surface area contributed by atoms with Gasteiger partial charge in [0.2, 0.25) is 0 Å². The molecule has 0 aliphatic carbocycles. The summed E-state index contributed by atoms with van der Waals surface area (Å²) in [7, 11) is 0. The minimum atomic E-state index is 0. The third-order valence-corrected chi connectivity index (χ3v) is 3.87. The predicted octanol–water partition coefficient (Wildman–Crippen LogP) is 5.81. The number of hydrogen-bond donors (Lipinski definition) is 0. The first-order chi connectivity index (χ1) is 9.93. The number of fused-ring (bicyclic) bond motifs is 2. The summed E-state index contributed by atoms with van der Waals surface area (Å²) in [5.74, 6) is 0. The number of benzene rings is 4. The summed E-state index contributed by atoms with van der Waals surface area (Å²) in [5.41, 5.74) is 2.61. The van der Waals surface area contributed by atoms with E-state index in [1.807, 2.05) is 0 Å². The topological polar surface area (TPSA) is 0 Å². The van der Waals surface area contributed by atoms with Gasteiger partial charge in [-0.05, 0) is 32.7 Å². The molecule has 1 heteroatoms. The maximum Gasteiger partial charge on any atom is -0.00992 e. The van der Waals surface area contributed by atoms with E-state index in [9.17, 15) is 0 Å². The zero-order valence-corrected chi connectivity index (χ0v) is 11.5. The summed E-state index contributed by atoms with van der Waals surface area (Å²) in [6.45, 7) is 0. The van der Waals surface area contributed by atoms with Gasteiger partial charge in [0, 0.05) is 0 Å². The van der Waals surface area contributed by atoms with Gasteiger partial charge < -0.3 is 0 Å². The van der Waals surface area contributed by atoms with Crippen LogP contribution in [0.1, 0.15) is 0 Å². The van der Waals surface area contributed by atoms with Crippen molar-refractivity contribution in [2.75, 3.05) is 0 Å². The zero-order valence-electron chi connectivity index (χ0n) is 11.5. The molecule has 0 bridgehead atoms. The third-order valence-electron chi connectivity index (χ3n) is 3.87. The van der Waals surface area contributed by atoms with E-state index >= 15 is 0 Å². The predicted molar refractivity (Wildman–Crippen MR) is 89.4 cm³/mol. The first-order valence-electron chi connectivity index (χ1n) is 6.89. The second-order valence-corrected chi connectivity index (χ2v) is 5.05. The maximum atomic E-state index is 2.21. The lowest BCUT2D eigenvalue weighted by molar-refractivity contribution is 1.11. The number of hydrogen-bond acceptors (Lipinski definition) is 0. The fourth-order valence-corrected chi connectivity index (χ4v) is 2.92. The van der Waals surface area contributed by atoms with Crippen molar-refractivity contribution in [3.8, 4) is 11.1 Å². The third kappa shape index (κ3) is 2.17. The van der Waals surface area contributed by atoms with Gasteiger partial charge in [-0.15, -0.1) is 0 Å². The fourth-order valence-electron chi connectivity index (χ4n) is 2.92. The van der Waals surface area contributed by atoms with Crippen molar-refractivity contribution in [2.45, 2.75) is 0 Å². The van der Waals surface area contributed by atoms with Crippen LogP contribution in [0.4, 0.5) is 4.70 Å². The average Bonchev–Trinajstić information content (AvgIpc) is 2.54. The summed E-state index contributed by atoms with van der Waals surface area (Å²) in [6, 6.07) is 30.2. The van der Waals surface area contributed by atoms with Gasteiger partial charge in [0.05, 0.1) is 0 Å². The molecule has 0 fully saturated rings. The Morgan fingerprint density at radius 1 is 0.381 bits per heavy atom. The second kappa shape index (κ2) is 5.37. The monoisotopic (exact) mass is 274 g/mol. The lowest BCUT2D eigenvalue weighted by Crippen LogP contribution is -1.83. The van der Waals surface area contributed by atoms with E-state index in [1.165, 1.54) is 32.7 Å². The van der Waals surface area contributed by atoms with Crippen LogP contribution < -0.4 is 0 Å². The highest BCUT2D eigenvalue weighted by molar-refractivity contribution is 6.05. The van der Waals surface area contributed by atoms with Crippen molar-refractivity contribution < 1.29 is 4.70 Å². The van der Waals surface area contributed by atoms with E-state index in [0.717, 1.165) is 0 Å². The Morgan fingerprint density at radius 2 is 0.762 bits per heavy atom. The molecule has 0 atom stereocenters. The molecule has 0 spiro atoms. The van der Waals surface area contributed by atoms with E-state index in [0.29, 0.717) is 0 Å². The van der Waals surface area contributed by atoms with Gasteiger partial charge in [0.25, 0.3) is 0 Å². The Labute approximate surface area is 123 Å². The van der Waals surface area contributed by atoms with Crippen molar-refractivity contribution >= 4 is 21.5 Å².